The predicted octanol–water partition coefficient (Wildman–Crippen LogP) is 2.85. The van der Waals surface area contributed by atoms with Crippen molar-refractivity contribution in [2.45, 2.75) is 17.0 Å². The average Bonchev–Trinajstić information content (AvgIpc) is 1.62. The molecular formula is C4H8BiS3. The molecule has 0 atom stereocenters. The van der Waals surface area contributed by atoms with Gasteiger partial charge in [0.15, 0.2) is 0 Å². The van der Waals surface area contributed by atoms with Gasteiger partial charge >= 0.3 is 72.7 Å². The molecule has 0 amide bonds. The van der Waals surface area contributed by atoms with Gasteiger partial charge in [0.05, 0.1) is 0 Å². The maximum absolute atomic E-state index is 2.19. The summed E-state index contributed by atoms with van der Waals surface area (Å²) in [5, 5.41) is 0. The molecule has 0 spiro atoms. The number of hydrogen-bond acceptors (Lipinski definition) is 3. The monoisotopic (exact) mass is 361 g/mol. The van der Waals surface area contributed by atoms with Crippen LogP contribution in [0.15, 0.2) is 0 Å². The molecule has 0 nitrogen and oxygen atoms in total. The normalized spacial score (nSPS) is 24.0. The van der Waals surface area contributed by atoms with Crippen LogP contribution in [0.4, 0.5) is 0 Å². The average molecular weight is 361 g/mol. The Balaban J connectivity index is 2.00. The first-order valence-electron chi connectivity index (χ1n) is 2.62. The SMILES string of the molecule is C1C[CH2][Bi][S]SSC1. The molecule has 0 bridgehead atoms. The zero-order chi connectivity index (χ0) is 5.66. The first-order chi connectivity index (χ1) is 4.00. The van der Waals surface area contributed by atoms with Crippen molar-refractivity contribution >= 4 is 49.9 Å². The van der Waals surface area contributed by atoms with E-state index in [9.17, 15) is 0 Å². The van der Waals surface area contributed by atoms with Crippen LogP contribution in [0, 0.1) is 0 Å². The van der Waals surface area contributed by atoms with E-state index in [1.165, 1.54) is 18.6 Å². The zero-order valence-electron chi connectivity index (χ0n) is 4.50. The molecule has 1 rings (SSSR count). The van der Waals surface area contributed by atoms with Crippen molar-refractivity contribution in [2.75, 3.05) is 5.75 Å². The Labute approximate surface area is 71.9 Å². The summed E-state index contributed by atoms with van der Waals surface area (Å²) < 4.78 is 1.61. The van der Waals surface area contributed by atoms with Gasteiger partial charge in [-0.1, -0.05) is 0 Å². The van der Waals surface area contributed by atoms with Crippen LogP contribution in [0.3, 0.4) is 0 Å². The van der Waals surface area contributed by atoms with E-state index < -0.39 is 0 Å². The summed E-state index contributed by atoms with van der Waals surface area (Å²) in [7, 11) is 6.29. The van der Waals surface area contributed by atoms with Gasteiger partial charge in [0.1, 0.15) is 0 Å². The molecule has 0 aromatic heterocycles. The van der Waals surface area contributed by atoms with Crippen LogP contribution in [-0.4, -0.2) is 27.5 Å². The van der Waals surface area contributed by atoms with E-state index in [1.807, 2.05) is 9.83 Å². The van der Waals surface area contributed by atoms with E-state index in [4.69, 9.17) is 0 Å². The molecule has 1 radical (unpaired) electrons. The van der Waals surface area contributed by atoms with Crippen LogP contribution in [0.5, 0.6) is 0 Å². The third-order valence-corrected chi connectivity index (χ3v) is 17.9. The molecule has 1 fully saturated rings. The van der Waals surface area contributed by atoms with E-state index in [0.29, 0.717) is 0 Å². The van der Waals surface area contributed by atoms with Crippen molar-refractivity contribution in [2.24, 2.45) is 0 Å². The fourth-order valence-electron chi connectivity index (χ4n) is 0.452. The van der Waals surface area contributed by atoms with Gasteiger partial charge in [-0.05, 0) is 0 Å². The quantitative estimate of drug-likeness (QED) is 0.481. The van der Waals surface area contributed by atoms with Gasteiger partial charge in [0.2, 0.25) is 0 Å². The van der Waals surface area contributed by atoms with E-state index in [2.05, 4.69) is 18.3 Å². The molecule has 1 aliphatic rings. The third-order valence-electron chi connectivity index (χ3n) is 0.858. The van der Waals surface area contributed by atoms with E-state index in [0.717, 1.165) is 0 Å². The molecule has 47 valence electrons. The second-order valence-corrected chi connectivity index (χ2v) is 15.5. The third kappa shape index (κ3) is 3.86. The van der Waals surface area contributed by atoms with Crippen LogP contribution in [0.25, 0.3) is 0 Å². The standard InChI is InChI=1S/C4H9S3.Bi/c1-2-3-4-6-7-5;/h5H,1-4H2;/q;+1/p-1. The van der Waals surface area contributed by atoms with Crippen molar-refractivity contribution in [3.8, 4) is 0 Å². The van der Waals surface area contributed by atoms with Crippen molar-refractivity contribution in [1.29, 1.82) is 0 Å². The summed E-state index contributed by atoms with van der Waals surface area (Å²) in [6, 6.07) is 0. The van der Waals surface area contributed by atoms with Crippen LogP contribution in [0.2, 0.25) is 4.13 Å². The van der Waals surface area contributed by atoms with Crippen molar-refractivity contribution in [3.63, 3.8) is 0 Å². The summed E-state index contributed by atoms with van der Waals surface area (Å²) in [6.07, 6.45) is 3.00. The molecule has 4 heteroatoms. The second kappa shape index (κ2) is 5.70. The summed E-state index contributed by atoms with van der Waals surface area (Å²) >= 11 is -0.00420. The zero-order valence-corrected chi connectivity index (χ0v) is 10.4. The molecule has 8 heavy (non-hydrogen) atoms. The van der Waals surface area contributed by atoms with Crippen LogP contribution in [0.1, 0.15) is 12.8 Å². The van der Waals surface area contributed by atoms with Crippen molar-refractivity contribution in [3.05, 3.63) is 0 Å². The number of hydrogen-bond donors (Lipinski definition) is 0. The van der Waals surface area contributed by atoms with Gasteiger partial charge in [-0.3, -0.25) is 0 Å². The van der Waals surface area contributed by atoms with Gasteiger partial charge in [-0.15, -0.1) is 0 Å². The molecule has 0 unspecified atom stereocenters. The predicted molar refractivity (Wildman–Crippen MR) is 47.4 cm³/mol. The molecule has 1 saturated heterocycles. The van der Waals surface area contributed by atoms with Crippen molar-refractivity contribution in [1.82, 2.24) is 0 Å². The van der Waals surface area contributed by atoms with Gasteiger partial charge in [0.25, 0.3) is 0 Å². The minimum atomic E-state index is -0.00420. The first kappa shape index (κ1) is 8.03. The Morgan fingerprint density at radius 2 is 2.25 bits per heavy atom. The summed E-state index contributed by atoms with van der Waals surface area (Å²) in [5.74, 6) is 1.39. The fourth-order valence-corrected chi connectivity index (χ4v) is 17.6. The van der Waals surface area contributed by atoms with Gasteiger partial charge in [-0.25, -0.2) is 0 Å². The van der Waals surface area contributed by atoms with Gasteiger partial charge in [0, 0.05) is 0 Å². The fraction of sp³-hybridized carbons (Fsp3) is 1.00. The number of rotatable bonds is 0. The topological polar surface area (TPSA) is 0 Å². The van der Waals surface area contributed by atoms with E-state index >= 15 is 0 Å². The molecular weight excluding hydrogens is 353 g/mol. The van der Waals surface area contributed by atoms with Gasteiger partial charge < -0.3 is 0 Å². The van der Waals surface area contributed by atoms with Crippen LogP contribution in [-0.2, 0) is 0 Å². The van der Waals surface area contributed by atoms with E-state index in [1.54, 1.807) is 4.13 Å². The van der Waals surface area contributed by atoms with Crippen molar-refractivity contribution < 1.29 is 0 Å². The Morgan fingerprint density at radius 3 is 3.25 bits per heavy atom. The molecule has 0 N–H and O–H groups in total. The summed E-state index contributed by atoms with van der Waals surface area (Å²) in [5.41, 5.74) is 0. The summed E-state index contributed by atoms with van der Waals surface area (Å²) in [4.78, 5) is 0. The van der Waals surface area contributed by atoms with E-state index in [-0.39, 0.29) is 21.8 Å². The molecule has 1 heterocycles. The minimum absolute atomic E-state index is 0.00420. The maximum atomic E-state index is 2.19. The Morgan fingerprint density at radius 1 is 1.25 bits per heavy atom. The molecule has 0 saturated carbocycles. The Kier molecular flexibility index (Phi) is 5.72. The molecule has 0 aliphatic carbocycles. The first-order valence-corrected chi connectivity index (χ1v) is 12.9. The Bertz CT molecular complexity index is 35.2. The Hall–Kier alpha value is 1.93. The summed E-state index contributed by atoms with van der Waals surface area (Å²) in [6.45, 7) is 0. The molecule has 0 aromatic carbocycles. The molecule has 0 aromatic rings. The molecule has 1 aliphatic heterocycles. The second-order valence-electron chi connectivity index (χ2n) is 1.52. The van der Waals surface area contributed by atoms with Gasteiger partial charge in [-0.2, -0.15) is 0 Å². The van der Waals surface area contributed by atoms with Crippen LogP contribution >= 0.6 is 28.2 Å². The van der Waals surface area contributed by atoms with Crippen LogP contribution < -0.4 is 0 Å².